The van der Waals surface area contributed by atoms with Crippen LogP contribution in [0.5, 0.6) is 0 Å². The highest BCUT2D eigenvalue weighted by atomic mass is 35.5. The molecule has 0 heterocycles. The summed E-state index contributed by atoms with van der Waals surface area (Å²) in [6.45, 7) is 5.55. The van der Waals surface area contributed by atoms with Gasteiger partial charge in [0.1, 0.15) is 36.0 Å². The monoisotopic (exact) mass is 390 g/mol. The third-order valence-electron chi connectivity index (χ3n) is 2.66. The molecule has 0 aromatic carbocycles. The second-order valence-electron chi connectivity index (χ2n) is 5.48. The Morgan fingerprint density at radius 1 is 0.739 bits per heavy atom. The second-order valence-corrected chi connectivity index (χ2v) is 7.45. The Labute approximate surface area is 150 Å². The first kappa shape index (κ1) is 22.3. The lowest BCUT2D eigenvalue weighted by atomic mass is 9.94. The summed E-state index contributed by atoms with van der Waals surface area (Å²) in [7, 11) is 0. The molecular formula is C14H21Cl3O6. The van der Waals surface area contributed by atoms with E-state index in [0.29, 0.717) is 0 Å². The molecule has 0 spiro atoms. The van der Waals surface area contributed by atoms with Crippen molar-refractivity contribution in [3.05, 3.63) is 0 Å². The fourth-order valence-electron chi connectivity index (χ4n) is 1.21. The number of ether oxygens (including phenoxy) is 3. The fraction of sp³-hybridized carbons (Fsp3) is 0.786. The summed E-state index contributed by atoms with van der Waals surface area (Å²) in [5, 5.41) is -2.47. The first-order valence-electron chi connectivity index (χ1n) is 6.90. The maximum atomic E-state index is 11.5. The van der Waals surface area contributed by atoms with Gasteiger partial charge in [-0.1, -0.05) is 0 Å². The zero-order valence-corrected chi connectivity index (χ0v) is 15.7. The lowest BCUT2D eigenvalue weighted by Crippen LogP contribution is -2.38. The molecule has 23 heavy (non-hydrogen) atoms. The number of carbonyl (C=O) groups is 3. The van der Waals surface area contributed by atoms with Crippen molar-refractivity contribution in [2.75, 3.05) is 19.8 Å². The average Bonchev–Trinajstić information content (AvgIpc) is 2.47. The van der Waals surface area contributed by atoms with Crippen molar-refractivity contribution in [1.82, 2.24) is 0 Å². The van der Waals surface area contributed by atoms with Crippen LogP contribution in [0.4, 0.5) is 0 Å². The van der Waals surface area contributed by atoms with Gasteiger partial charge in [-0.15, -0.1) is 34.8 Å². The number of halogens is 3. The van der Waals surface area contributed by atoms with Crippen LogP contribution < -0.4 is 0 Å². The van der Waals surface area contributed by atoms with Gasteiger partial charge in [0.15, 0.2) is 0 Å². The van der Waals surface area contributed by atoms with E-state index in [1.165, 1.54) is 20.8 Å². The van der Waals surface area contributed by atoms with E-state index < -0.39 is 39.5 Å². The topological polar surface area (TPSA) is 78.9 Å². The summed E-state index contributed by atoms with van der Waals surface area (Å²) >= 11 is 16.8. The molecule has 0 aliphatic heterocycles. The second kappa shape index (κ2) is 10.2. The van der Waals surface area contributed by atoms with Gasteiger partial charge >= 0.3 is 17.9 Å². The quantitative estimate of drug-likeness (QED) is 0.341. The molecule has 0 fully saturated rings. The molecule has 6 nitrogen and oxygen atoms in total. The lowest BCUT2D eigenvalue weighted by Gasteiger charge is -2.28. The summed E-state index contributed by atoms with van der Waals surface area (Å²) in [6, 6.07) is 0. The van der Waals surface area contributed by atoms with Crippen molar-refractivity contribution in [1.29, 1.82) is 0 Å². The van der Waals surface area contributed by atoms with Gasteiger partial charge in [-0.05, 0) is 27.7 Å². The number of alkyl halides is 3. The van der Waals surface area contributed by atoms with Crippen LogP contribution in [-0.2, 0) is 28.6 Å². The van der Waals surface area contributed by atoms with Crippen molar-refractivity contribution in [3.63, 3.8) is 0 Å². The van der Waals surface area contributed by atoms with Crippen LogP contribution in [0.15, 0.2) is 0 Å². The summed E-state index contributed by atoms with van der Waals surface area (Å²) in [5.41, 5.74) is -0.954. The van der Waals surface area contributed by atoms with Crippen LogP contribution in [0.3, 0.4) is 0 Å². The highest BCUT2D eigenvalue weighted by molar-refractivity contribution is 6.30. The minimum Gasteiger partial charge on any atom is -0.464 e. The molecule has 0 aromatic heterocycles. The third-order valence-corrected chi connectivity index (χ3v) is 3.20. The highest BCUT2D eigenvalue weighted by Crippen LogP contribution is 2.20. The Bertz CT molecular complexity index is 363. The third kappa shape index (κ3) is 9.23. The Morgan fingerprint density at radius 2 is 0.957 bits per heavy atom. The molecule has 0 aromatic rings. The largest absolute Gasteiger partial charge is 0.464 e. The number of hydrogen-bond acceptors (Lipinski definition) is 6. The van der Waals surface area contributed by atoms with Gasteiger partial charge in [0, 0.05) is 0 Å². The summed E-state index contributed by atoms with van der Waals surface area (Å²) in [4.78, 5) is 34.4. The molecule has 0 aliphatic rings. The number of esters is 3. The van der Waals surface area contributed by atoms with Crippen molar-refractivity contribution < 1.29 is 28.6 Å². The van der Waals surface area contributed by atoms with E-state index in [2.05, 4.69) is 0 Å². The molecular weight excluding hydrogens is 371 g/mol. The van der Waals surface area contributed by atoms with Crippen molar-refractivity contribution >= 4 is 52.7 Å². The number of carbonyl (C=O) groups excluding carboxylic acids is 3. The molecule has 134 valence electrons. The van der Waals surface area contributed by atoms with E-state index in [9.17, 15) is 14.4 Å². The summed E-state index contributed by atoms with van der Waals surface area (Å²) in [5.74, 6) is -1.90. The Hall–Kier alpha value is -0.720. The van der Waals surface area contributed by atoms with Gasteiger partial charge in [0.2, 0.25) is 0 Å². The van der Waals surface area contributed by atoms with Crippen molar-refractivity contribution in [3.8, 4) is 0 Å². The van der Waals surface area contributed by atoms with Crippen LogP contribution in [0.2, 0.25) is 0 Å². The Kier molecular flexibility index (Phi) is 9.89. The lowest BCUT2D eigenvalue weighted by molar-refractivity contribution is -0.159. The Balaban J connectivity index is 4.78. The summed E-state index contributed by atoms with van der Waals surface area (Å²) < 4.78 is 15.1. The van der Waals surface area contributed by atoms with E-state index in [1.807, 2.05) is 0 Å². The minimum absolute atomic E-state index is 0.156. The maximum absolute atomic E-state index is 11.5. The smallest absolute Gasteiger partial charge is 0.323 e. The molecule has 0 aliphatic carbocycles. The van der Waals surface area contributed by atoms with E-state index in [-0.39, 0.29) is 19.8 Å². The van der Waals surface area contributed by atoms with Gasteiger partial charge in [-0.3, -0.25) is 14.4 Å². The van der Waals surface area contributed by atoms with Crippen molar-refractivity contribution in [2.24, 2.45) is 5.41 Å². The zero-order valence-electron chi connectivity index (χ0n) is 13.4. The van der Waals surface area contributed by atoms with Crippen LogP contribution in [0, 0.1) is 5.41 Å². The van der Waals surface area contributed by atoms with E-state index >= 15 is 0 Å². The molecule has 3 atom stereocenters. The van der Waals surface area contributed by atoms with Crippen LogP contribution in [-0.4, -0.2) is 53.9 Å². The van der Waals surface area contributed by atoms with Gasteiger partial charge < -0.3 is 14.2 Å². The fourth-order valence-corrected chi connectivity index (χ4v) is 1.39. The maximum Gasteiger partial charge on any atom is 0.323 e. The molecule has 0 bridgehead atoms. The van der Waals surface area contributed by atoms with Gasteiger partial charge in [-0.25, -0.2) is 0 Å². The van der Waals surface area contributed by atoms with E-state index in [0.717, 1.165) is 0 Å². The van der Waals surface area contributed by atoms with E-state index in [1.54, 1.807) is 6.92 Å². The first-order valence-corrected chi connectivity index (χ1v) is 8.21. The predicted molar refractivity (Wildman–Crippen MR) is 86.9 cm³/mol. The molecule has 9 heteroatoms. The molecule has 0 saturated carbocycles. The Morgan fingerprint density at radius 3 is 1.13 bits per heavy atom. The molecule has 0 radical (unpaired) electrons. The molecule has 0 amide bonds. The van der Waals surface area contributed by atoms with Gasteiger partial charge in [-0.2, -0.15) is 0 Å². The predicted octanol–water partition coefficient (Wildman–Crippen LogP) is 2.50. The van der Waals surface area contributed by atoms with Crippen LogP contribution >= 0.6 is 34.8 Å². The highest BCUT2D eigenvalue weighted by Gasteiger charge is 2.32. The standard InChI is InChI=1S/C14H21Cl3O6/c1-8(15)11(18)21-5-14(4,6-22-12(19)9(2)16)7-23-13(20)10(3)17/h8-10H,5-7H2,1-4H3. The molecule has 0 saturated heterocycles. The molecule has 3 unspecified atom stereocenters. The first-order chi connectivity index (χ1) is 10.5. The average molecular weight is 392 g/mol. The minimum atomic E-state index is -0.954. The van der Waals surface area contributed by atoms with Crippen molar-refractivity contribution in [2.45, 2.75) is 43.8 Å². The number of hydrogen-bond donors (Lipinski definition) is 0. The van der Waals surface area contributed by atoms with Crippen LogP contribution in [0.1, 0.15) is 27.7 Å². The van der Waals surface area contributed by atoms with Crippen LogP contribution in [0.25, 0.3) is 0 Å². The SMILES string of the molecule is CC(Cl)C(=O)OCC(C)(COC(=O)C(C)Cl)COC(=O)C(C)Cl. The van der Waals surface area contributed by atoms with Gasteiger partial charge in [0.25, 0.3) is 0 Å². The molecule has 0 N–H and O–H groups in total. The summed E-state index contributed by atoms with van der Waals surface area (Å²) in [6.07, 6.45) is 0. The van der Waals surface area contributed by atoms with Gasteiger partial charge in [0.05, 0.1) is 5.41 Å². The number of rotatable bonds is 9. The normalized spacial score (nSPS) is 17.3. The molecule has 0 rings (SSSR count). The van der Waals surface area contributed by atoms with E-state index in [4.69, 9.17) is 49.0 Å². The zero-order chi connectivity index (χ0) is 18.2.